The van der Waals surface area contributed by atoms with E-state index in [0.29, 0.717) is 16.8 Å². The van der Waals surface area contributed by atoms with Gasteiger partial charge in [-0.05, 0) is 23.8 Å². The second-order valence-electron chi connectivity index (χ2n) is 7.02. The van der Waals surface area contributed by atoms with Crippen LogP contribution in [-0.2, 0) is 6.54 Å². The molecular formula is C21H20ClN5O2. The molecular weight excluding hydrogens is 390 g/mol. The number of anilines is 1. The van der Waals surface area contributed by atoms with E-state index in [1.54, 1.807) is 6.20 Å². The molecule has 0 amide bonds. The van der Waals surface area contributed by atoms with E-state index >= 15 is 0 Å². The fraction of sp³-hybridized carbons (Fsp3) is 0.238. The molecule has 0 radical (unpaired) electrons. The number of nitrogens with zero attached hydrogens (tertiary/aromatic N) is 4. The number of hydrogen-bond donors (Lipinski definition) is 3. The first-order valence-corrected chi connectivity index (χ1v) is 9.64. The monoisotopic (exact) mass is 409 g/mol. The molecule has 0 saturated carbocycles. The van der Waals surface area contributed by atoms with Gasteiger partial charge in [0, 0.05) is 44.4 Å². The summed E-state index contributed by atoms with van der Waals surface area (Å²) in [6.45, 7) is 4.23. The fourth-order valence-electron chi connectivity index (χ4n) is 3.56. The first-order valence-electron chi connectivity index (χ1n) is 9.26. The van der Waals surface area contributed by atoms with E-state index in [1.165, 1.54) is 17.7 Å². The molecule has 0 unspecified atom stereocenters. The van der Waals surface area contributed by atoms with Crippen LogP contribution in [0.25, 0.3) is 11.3 Å². The molecule has 3 N–H and O–H groups in total. The number of nitriles is 1. The Hall–Kier alpha value is -3.21. The van der Waals surface area contributed by atoms with Crippen molar-refractivity contribution in [2.45, 2.75) is 6.54 Å². The highest BCUT2D eigenvalue weighted by molar-refractivity contribution is 6.32. The molecule has 1 fully saturated rings. The number of piperazine rings is 1. The second-order valence-corrected chi connectivity index (χ2v) is 7.43. The summed E-state index contributed by atoms with van der Waals surface area (Å²) in [5, 5.41) is 36.1. The van der Waals surface area contributed by atoms with E-state index in [0.717, 1.165) is 38.4 Å². The Morgan fingerprint density at radius 1 is 1.07 bits per heavy atom. The van der Waals surface area contributed by atoms with Gasteiger partial charge in [-0.3, -0.25) is 10.00 Å². The minimum atomic E-state index is -0.162. The molecule has 3 aromatic rings. The van der Waals surface area contributed by atoms with Crippen LogP contribution in [0.3, 0.4) is 0 Å². The third-order valence-corrected chi connectivity index (χ3v) is 5.46. The predicted octanol–water partition coefficient (Wildman–Crippen LogP) is 3.34. The van der Waals surface area contributed by atoms with Crippen LogP contribution < -0.4 is 4.90 Å². The molecule has 0 atom stereocenters. The summed E-state index contributed by atoms with van der Waals surface area (Å²) < 4.78 is 0. The second kappa shape index (κ2) is 8.03. The zero-order valence-electron chi connectivity index (χ0n) is 15.6. The number of nitrogens with one attached hydrogen (secondary N) is 1. The number of benzene rings is 2. The zero-order valence-corrected chi connectivity index (χ0v) is 16.4. The van der Waals surface area contributed by atoms with Gasteiger partial charge in [0.05, 0.1) is 34.2 Å². The van der Waals surface area contributed by atoms with Gasteiger partial charge in [-0.2, -0.15) is 10.4 Å². The lowest BCUT2D eigenvalue weighted by atomic mass is 10.1. The highest BCUT2D eigenvalue weighted by atomic mass is 35.5. The van der Waals surface area contributed by atoms with Crippen LogP contribution in [-0.4, -0.2) is 51.5 Å². The molecule has 2 heterocycles. The van der Waals surface area contributed by atoms with Crippen molar-refractivity contribution >= 4 is 17.3 Å². The van der Waals surface area contributed by atoms with Crippen LogP contribution in [0.2, 0.25) is 5.02 Å². The van der Waals surface area contributed by atoms with Crippen molar-refractivity contribution in [3.8, 4) is 28.8 Å². The Kier molecular flexibility index (Phi) is 5.30. The Morgan fingerprint density at radius 3 is 2.48 bits per heavy atom. The summed E-state index contributed by atoms with van der Waals surface area (Å²) >= 11 is 6.02. The topological polar surface area (TPSA) is 99.4 Å². The number of phenols is 2. The summed E-state index contributed by atoms with van der Waals surface area (Å²) in [6, 6.07) is 12.6. The van der Waals surface area contributed by atoms with Crippen molar-refractivity contribution in [2.24, 2.45) is 0 Å². The van der Waals surface area contributed by atoms with Crippen LogP contribution in [0, 0.1) is 11.3 Å². The van der Waals surface area contributed by atoms with E-state index < -0.39 is 0 Å². The number of aromatic nitrogens is 2. The predicted molar refractivity (Wildman–Crippen MR) is 111 cm³/mol. The van der Waals surface area contributed by atoms with Crippen LogP contribution in [0.5, 0.6) is 11.5 Å². The minimum absolute atomic E-state index is 0.0585. The Labute approximate surface area is 173 Å². The van der Waals surface area contributed by atoms with Gasteiger partial charge in [-0.15, -0.1) is 0 Å². The molecule has 0 aliphatic carbocycles. The number of rotatable bonds is 4. The van der Waals surface area contributed by atoms with Gasteiger partial charge in [-0.1, -0.05) is 23.7 Å². The standard InChI is InChI=1S/C21H20ClN5O2/c22-17-9-16(19(28)10-20(17)29)21-18(12-24-25-21)27-7-5-26(6-8-27)13-15-3-1-14(11-23)2-4-15/h1-4,9-10,12,28-29H,5-8,13H2,(H,24,25). The van der Waals surface area contributed by atoms with E-state index in [4.69, 9.17) is 16.9 Å². The van der Waals surface area contributed by atoms with Crippen molar-refractivity contribution in [1.29, 1.82) is 5.26 Å². The lowest BCUT2D eigenvalue weighted by Gasteiger charge is -2.36. The number of aromatic amines is 1. The van der Waals surface area contributed by atoms with Gasteiger partial charge in [-0.25, -0.2) is 0 Å². The summed E-state index contributed by atoms with van der Waals surface area (Å²) in [4.78, 5) is 4.58. The molecule has 4 rings (SSSR count). The van der Waals surface area contributed by atoms with Gasteiger partial charge < -0.3 is 15.1 Å². The average molecular weight is 410 g/mol. The maximum absolute atomic E-state index is 10.2. The molecule has 148 valence electrons. The van der Waals surface area contributed by atoms with Gasteiger partial charge in [0.2, 0.25) is 0 Å². The Balaban J connectivity index is 1.45. The third kappa shape index (κ3) is 3.99. The molecule has 8 heteroatoms. The summed E-state index contributed by atoms with van der Waals surface area (Å²) in [7, 11) is 0. The van der Waals surface area contributed by atoms with Gasteiger partial charge in [0.25, 0.3) is 0 Å². The van der Waals surface area contributed by atoms with Crippen molar-refractivity contribution in [3.05, 3.63) is 58.7 Å². The normalized spacial score (nSPS) is 14.7. The van der Waals surface area contributed by atoms with Crippen molar-refractivity contribution in [2.75, 3.05) is 31.1 Å². The lowest BCUT2D eigenvalue weighted by Crippen LogP contribution is -2.46. The van der Waals surface area contributed by atoms with E-state index in [1.807, 2.05) is 24.3 Å². The van der Waals surface area contributed by atoms with Crippen molar-refractivity contribution in [3.63, 3.8) is 0 Å². The largest absolute Gasteiger partial charge is 0.507 e. The molecule has 0 spiro atoms. The number of aromatic hydroxyl groups is 2. The van der Waals surface area contributed by atoms with Crippen LogP contribution in [0.1, 0.15) is 11.1 Å². The maximum atomic E-state index is 10.2. The quantitative estimate of drug-likeness (QED) is 0.611. The van der Waals surface area contributed by atoms with Gasteiger partial charge in [0.15, 0.2) is 0 Å². The first kappa shape index (κ1) is 19.1. The minimum Gasteiger partial charge on any atom is -0.507 e. The molecule has 1 aliphatic rings. The number of halogens is 1. The van der Waals surface area contributed by atoms with Crippen molar-refractivity contribution < 1.29 is 10.2 Å². The molecule has 1 aromatic heterocycles. The Bertz CT molecular complexity index is 1050. The Morgan fingerprint density at radius 2 is 1.79 bits per heavy atom. The molecule has 1 saturated heterocycles. The fourth-order valence-corrected chi connectivity index (χ4v) is 3.72. The molecule has 7 nitrogen and oxygen atoms in total. The zero-order chi connectivity index (χ0) is 20.4. The number of phenolic OH excluding ortho intramolecular Hbond substituents is 2. The van der Waals surface area contributed by atoms with E-state index in [9.17, 15) is 10.2 Å². The van der Waals surface area contributed by atoms with E-state index in [2.05, 4.69) is 26.1 Å². The van der Waals surface area contributed by atoms with E-state index in [-0.39, 0.29) is 16.5 Å². The van der Waals surface area contributed by atoms with Crippen LogP contribution >= 0.6 is 11.6 Å². The van der Waals surface area contributed by atoms with Gasteiger partial charge >= 0.3 is 0 Å². The first-order chi connectivity index (χ1) is 14.0. The smallest absolute Gasteiger partial charge is 0.137 e. The third-order valence-electron chi connectivity index (χ3n) is 5.16. The summed E-state index contributed by atoms with van der Waals surface area (Å²) in [5.41, 5.74) is 3.92. The highest BCUT2D eigenvalue weighted by Gasteiger charge is 2.23. The molecule has 0 bridgehead atoms. The van der Waals surface area contributed by atoms with Gasteiger partial charge in [0.1, 0.15) is 11.5 Å². The van der Waals surface area contributed by atoms with Crippen LogP contribution in [0.4, 0.5) is 5.69 Å². The highest BCUT2D eigenvalue weighted by Crippen LogP contribution is 2.40. The maximum Gasteiger partial charge on any atom is 0.137 e. The number of H-pyrrole nitrogens is 1. The summed E-state index contributed by atoms with van der Waals surface area (Å²) in [6.07, 6.45) is 1.74. The summed E-state index contributed by atoms with van der Waals surface area (Å²) in [5.74, 6) is -0.220. The van der Waals surface area contributed by atoms with Crippen LogP contribution in [0.15, 0.2) is 42.6 Å². The molecule has 2 aromatic carbocycles. The average Bonchev–Trinajstić information content (AvgIpc) is 3.21. The number of hydrogen-bond acceptors (Lipinski definition) is 6. The molecule has 29 heavy (non-hydrogen) atoms. The SMILES string of the molecule is N#Cc1ccc(CN2CCN(c3cn[nH]c3-c3cc(Cl)c(O)cc3O)CC2)cc1. The van der Waals surface area contributed by atoms with Crippen molar-refractivity contribution in [1.82, 2.24) is 15.1 Å². The lowest BCUT2D eigenvalue weighted by molar-refractivity contribution is 0.250. The molecule has 1 aliphatic heterocycles.